The van der Waals surface area contributed by atoms with Crippen molar-refractivity contribution in [3.05, 3.63) is 66.7 Å². The van der Waals surface area contributed by atoms with E-state index in [0.29, 0.717) is 0 Å². The van der Waals surface area contributed by atoms with Crippen molar-refractivity contribution in [2.24, 2.45) is 0 Å². The molecular formula is C23H25NO2. The lowest BCUT2D eigenvalue weighted by atomic mass is 10.0. The lowest BCUT2D eigenvalue weighted by molar-refractivity contribution is 0.306. The smallest absolute Gasteiger partial charge is 0.167 e. The molecular weight excluding hydrogens is 322 g/mol. The minimum absolute atomic E-state index is 0.751. The lowest BCUT2D eigenvalue weighted by Gasteiger charge is -2.05. The van der Waals surface area contributed by atoms with Gasteiger partial charge in [-0.1, -0.05) is 61.3 Å². The van der Waals surface area contributed by atoms with Crippen LogP contribution in [0.3, 0.4) is 0 Å². The summed E-state index contributed by atoms with van der Waals surface area (Å²) in [6.07, 6.45) is 3.49. The van der Waals surface area contributed by atoms with Crippen molar-refractivity contribution in [1.82, 2.24) is 5.16 Å². The third-order valence-corrected chi connectivity index (χ3v) is 4.34. The van der Waals surface area contributed by atoms with Gasteiger partial charge in [0.2, 0.25) is 0 Å². The van der Waals surface area contributed by atoms with Crippen LogP contribution in [0.15, 0.2) is 65.7 Å². The summed E-state index contributed by atoms with van der Waals surface area (Å²) in [5.41, 5.74) is 5.03. The molecule has 3 aromatic rings. The first-order chi connectivity index (χ1) is 12.7. The van der Waals surface area contributed by atoms with E-state index in [9.17, 15) is 0 Å². The third kappa shape index (κ3) is 4.42. The van der Waals surface area contributed by atoms with Crippen molar-refractivity contribution in [2.45, 2.75) is 33.1 Å². The molecule has 3 nitrogen and oxygen atoms in total. The molecule has 0 saturated heterocycles. The van der Waals surface area contributed by atoms with Gasteiger partial charge in [-0.05, 0) is 43.2 Å². The van der Waals surface area contributed by atoms with E-state index < -0.39 is 0 Å². The Labute approximate surface area is 155 Å². The number of ether oxygens (including phenoxy) is 1. The van der Waals surface area contributed by atoms with E-state index in [1.165, 1.54) is 12.8 Å². The number of aromatic nitrogens is 1. The van der Waals surface area contributed by atoms with Crippen molar-refractivity contribution in [2.75, 3.05) is 6.61 Å². The Morgan fingerprint density at radius 3 is 2.35 bits per heavy atom. The monoisotopic (exact) mass is 347 g/mol. The maximum absolute atomic E-state index is 5.75. The van der Waals surface area contributed by atoms with Gasteiger partial charge in [0.05, 0.1) is 6.61 Å². The quantitative estimate of drug-likeness (QED) is 0.430. The molecule has 1 aromatic heterocycles. The molecule has 3 rings (SSSR count). The summed E-state index contributed by atoms with van der Waals surface area (Å²) in [5.74, 6) is 1.64. The molecule has 0 aliphatic rings. The predicted octanol–water partition coefficient (Wildman–Crippen LogP) is 6.61. The second kappa shape index (κ2) is 8.52. The minimum Gasteiger partial charge on any atom is -0.494 e. The second-order valence-electron chi connectivity index (χ2n) is 6.51. The minimum atomic E-state index is 0.751. The number of benzene rings is 2. The van der Waals surface area contributed by atoms with Gasteiger partial charge in [0, 0.05) is 17.2 Å². The van der Waals surface area contributed by atoms with Crippen LogP contribution in [0.25, 0.3) is 28.2 Å². The zero-order valence-electron chi connectivity index (χ0n) is 15.5. The second-order valence-corrected chi connectivity index (χ2v) is 6.51. The molecule has 0 N–H and O–H groups in total. The fourth-order valence-electron chi connectivity index (χ4n) is 2.73. The number of unbranched alkanes of at least 4 members (excludes halogenated alkanes) is 2. The molecule has 0 aliphatic carbocycles. The van der Waals surface area contributed by atoms with Gasteiger partial charge in [0.15, 0.2) is 5.76 Å². The van der Waals surface area contributed by atoms with Gasteiger partial charge in [-0.15, -0.1) is 0 Å². The van der Waals surface area contributed by atoms with Crippen LogP contribution >= 0.6 is 0 Å². The number of rotatable bonds is 8. The highest BCUT2D eigenvalue weighted by Gasteiger charge is 2.09. The molecule has 2 aromatic carbocycles. The van der Waals surface area contributed by atoms with Crippen LogP contribution in [-0.2, 0) is 0 Å². The highest BCUT2D eigenvalue weighted by Crippen LogP contribution is 2.28. The number of hydrogen-bond acceptors (Lipinski definition) is 3. The van der Waals surface area contributed by atoms with Crippen molar-refractivity contribution >= 4 is 5.57 Å². The van der Waals surface area contributed by atoms with E-state index in [-0.39, 0.29) is 0 Å². The van der Waals surface area contributed by atoms with E-state index in [1.54, 1.807) is 0 Å². The maximum atomic E-state index is 5.75. The molecule has 0 radical (unpaired) electrons. The van der Waals surface area contributed by atoms with E-state index in [2.05, 4.69) is 30.8 Å². The van der Waals surface area contributed by atoms with E-state index in [4.69, 9.17) is 9.26 Å². The number of nitrogens with zero attached hydrogens (tertiary/aromatic N) is 1. The van der Waals surface area contributed by atoms with E-state index >= 15 is 0 Å². The topological polar surface area (TPSA) is 35.3 Å². The Bertz CT molecular complexity index is 845. The summed E-state index contributed by atoms with van der Waals surface area (Å²) >= 11 is 0. The molecule has 0 spiro atoms. The Morgan fingerprint density at radius 1 is 1.00 bits per heavy atom. The Hall–Kier alpha value is -2.81. The largest absolute Gasteiger partial charge is 0.494 e. The lowest BCUT2D eigenvalue weighted by Crippen LogP contribution is -1.96. The van der Waals surface area contributed by atoms with Crippen molar-refractivity contribution in [1.29, 1.82) is 0 Å². The fourth-order valence-corrected chi connectivity index (χ4v) is 2.73. The first-order valence-electron chi connectivity index (χ1n) is 9.13. The van der Waals surface area contributed by atoms with Crippen molar-refractivity contribution < 1.29 is 9.26 Å². The van der Waals surface area contributed by atoms with E-state index in [0.717, 1.165) is 52.5 Å². The third-order valence-electron chi connectivity index (χ3n) is 4.34. The average Bonchev–Trinajstić information content (AvgIpc) is 3.16. The van der Waals surface area contributed by atoms with Gasteiger partial charge in [0.1, 0.15) is 11.4 Å². The van der Waals surface area contributed by atoms with Gasteiger partial charge in [-0.25, -0.2) is 0 Å². The fraction of sp³-hybridized carbons (Fsp3) is 0.261. The molecule has 134 valence electrons. The van der Waals surface area contributed by atoms with Crippen molar-refractivity contribution in [3.8, 4) is 28.3 Å². The molecule has 0 saturated carbocycles. The normalized spacial score (nSPS) is 10.7. The summed E-state index contributed by atoms with van der Waals surface area (Å²) in [6.45, 7) is 8.92. The first-order valence-corrected chi connectivity index (χ1v) is 9.13. The summed E-state index contributed by atoms with van der Waals surface area (Å²) < 4.78 is 11.3. The molecule has 0 bridgehead atoms. The standard InChI is InChI=1S/C23H25NO2/c1-4-5-6-15-25-21-13-11-20(12-14-21)23-16-22(24-26-23)19-9-7-18(8-10-19)17(2)3/h7-14,16H,2,4-6,15H2,1,3H3. The van der Waals surface area contributed by atoms with Crippen LogP contribution < -0.4 is 4.74 Å². The summed E-state index contributed by atoms with van der Waals surface area (Å²) in [5, 5.41) is 4.20. The number of allylic oxidation sites excluding steroid dienone is 1. The number of hydrogen-bond donors (Lipinski definition) is 0. The highest BCUT2D eigenvalue weighted by molar-refractivity contribution is 5.69. The van der Waals surface area contributed by atoms with Crippen LogP contribution in [0, 0.1) is 0 Å². The Kier molecular flexibility index (Phi) is 5.90. The molecule has 0 fully saturated rings. The molecule has 26 heavy (non-hydrogen) atoms. The van der Waals surface area contributed by atoms with Gasteiger partial charge in [0.25, 0.3) is 0 Å². The molecule has 1 heterocycles. The van der Waals surface area contributed by atoms with E-state index in [1.807, 2.05) is 49.4 Å². The maximum Gasteiger partial charge on any atom is 0.167 e. The van der Waals surface area contributed by atoms with Gasteiger partial charge < -0.3 is 9.26 Å². The summed E-state index contributed by atoms with van der Waals surface area (Å²) in [7, 11) is 0. The highest BCUT2D eigenvalue weighted by atomic mass is 16.5. The summed E-state index contributed by atoms with van der Waals surface area (Å²) in [4.78, 5) is 0. The van der Waals surface area contributed by atoms with Gasteiger partial charge in [-0.3, -0.25) is 0 Å². The molecule has 0 unspecified atom stereocenters. The molecule has 3 heteroatoms. The van der Waals surface area contributed by atoms with Gasteiger partial charge in [-0.2, -0.15) is 0 Å². The Balaban J connectivity index is 1.68. The predicted molar refractivity (Wildman–Crippen MR) is 107 cm³/mol. The SMILES string of the molecule is C=C(C)c1ccc(-c2cc(-c3ccc(OCCCCC)cc3)on2)cc1. The van der Waals surface area contributed by atoms with Crippen molar-refractivity contribution in [3.63, 3.8) is 0 Å². The van der Waals surface area contributed by atoms with Crippen LogP contribution in [-0.4, -0.2) is 11.8 Å². The van der Waals surface area contributed by atoms with Crippen LogP contribution in [0.5, 0.6) is 5.75 Å². The zero-order chi connectivity index (χ0) is 18.4. The van der Waals surface area contributed by atoms with Crippen LogP contribution in [0.2, 0.25) is 0 Å². The molecule has 0 aliphatic heterocycles. The zero-order valence-corrected chi connectivity index (χ0v) is 15.5. The summed E-state index contributed by atoms with van der Waals surface area (Å²) in [6, 6.07) is 18.1. The van der Waals surface area contributed by atoms with Gasteiger partial charge >= 0.3 is 0 Å². The Morgan fingerprint density at radius 2 is 1.69 bits per heavy atom. The first kappa shape index (κ1) is 18.0. The average molecular weight is 347 g/mol. The molecule has 0 amide bonds. The van der Waals surface area contributed by atoms with Crippen LogP contribution in [0.4, 0.5) is 0 Å². The molecule has 0 atom stereocenters. The van der Waals surface area contributed by atoms with Crippen LogP contribution in [0.1, 0.15) is 38.7 Å².